The maximum Gasteiger partial charge on any atom is 0.165 e. The Balaban J connectivity index is 1.86. The van der Waals surface area contributed by atoms with Crippen LogP contribution >= 0.6 is 0 Å². The molecule has 1 aliphatic carbocycles. The van der Waals surface area contributed by atoms with Gasteiger partial charge in [-0.25, -0.2) is 4.39 Å². The summed E-state index contributed by atoms with van der Waals surface area (Å²) >= 11 is 0. The van der Waals surface area contributed by atoms with Crippen LogP contribution in [0.1, 0.15) is 44.1 Å². The number of hydrogen-bond acceptors (Lipinski definition) is 3. The van der Waals surface area contributed by atoms with Crippen LogP contribution < -0.4 is 16.0 Å². The molecule has 112 valence electrons. The van der Waals surface area contributed by atoms with Gasteiger partial charge in [0.2, 0.25) is 0 Å². The Morgan fingerprint density at radius 2 is 2.15 bits per heavy atom. The highest BCUT2D eigenvalue weighted by atomic mass is 19.1. The van der Waals surface area contributed by atoms with E-state index in [0.29, 0.717) is 0 Å². The molecule has 0 bridgehead atoms. The molecule has 1 aromatic rings. The predicted molar refractivity (Wildman–Crippen MR) is 79.0 cm³/mol. The molecule has 0 spiro atoms. The number of benzene rings is 1. The molecule has 4 heteroatoms. The summed E-state index contributed by atoms with van der Waals surface area (Å²) in [5, 5.41) is 0. The maximum absolute atomic E-state index is 13.7. The molecule has 2 rings (SSSR count). The van der Waals surface area contributed by atoms with Crippen LogP contribution in [-0.2, 0) is 6.42 Å². The van der Waals surface area contributed by atoms with Gasteiger partial charge in [0.1, 0.15) is 0 Å². The number of rotatable bonds is 7. The standard InChI is InChI=1S/C16H25FN2O/c1-20-16-9-7-13(11-15(16)17)10-14(19-18)8-6-12-4-2-3-5-12/h7,9,11-12,14,19H,2-6,8,10,18H2,1H3. The van der Waals surface area contributed by atoms with Crippen molar-refractivity contribution in [1.82, 2.24) is 5.43 Å². The fourth-order valence-electron chi connectivity index (χ4n) is 3.10. The van der Waals surface area contributed by atoms with Gasteiger partial charge in [0.15, 0.2) is 11.6 Å². The van der Waals surface area contributed by atoms with Crippen molar-refractivity contribution in [3.05, 3.63) is 29.6 Å². The van der Waals surface area contributed by atoms with Gasteiger partial charge in [-0.1, -0.05) is 31.7 Å². The van der Waals surface area contributed by atoms with Gasteiger partial charge < -0.3 is 4.74 Å². The number of hydrazine groups is 1. The predicted octanol–water partition coefficient (Wildman–Crippen LogP) is 3.18. The molecule has 3 N–H and O–H groups in total. The summed E-state index contributed by atoms with van der Waals surface area (Å²) < 4.78 is 18.6. The van der Waals surface area contributed by atoms with E-state index in [1.54, 1.807) is 12.1 Å². The molecule has 0 aliphatic heterocycles. The Bertz CT molecular complexity index is 419. The van der Waals surface area contributed by atoms with Crippen molar-refractivity contribution in [1.29, 1.82) is 0 Å². The second kappa shape index (κ2) is 7.60. The van der Waals surface area contributed by atoms with Crippen LogP contribution in [0, 0.1) is 11.7 Å². The molecule has 1 unspecified atom stereocenters. The van der Waals surface area contributed by atoms with Gasteiger partial charge in [-0.15, -0.1) is 0 Å². The minimum Gasteiger partial charge on any atom is -0.494 e. The first kappa shape index (κ1) is 15.3. The molecular weight excluding hydrogens is 255 g/mol. The smallest absolute Gasteiger partial charge is 0.165 e. The SMILES string of the molecule is COc1ccc(CC(CCC2CCCC2)NN)cc1F. The molecule has 0 heterocycles. The Morgan fingerprint density at radius 3 is 2.75 bits per heavy atom. The first-order chi connectivity index (χ1) is 9.72. The summed E-state index contributed by atoms with van der Waals surface area (Å²) in [6.45, 7) is 0. The lowest BCUT2D eigenvalue weighted by Crippen LogP contribution is -2.37. The molecule has 20 heavy (non-hydrogen) atoms. The van der Waals surface area contributed by atoms with Crippen molar-refractivity contribution >= 4 is 0 Å². The number of ether oxygens (including phenoxy) is 1. The Hall–Kier alpha value is -1.13. The summed E-state index contributed by atoms with van der Waals surface area (Å²) in [6.07, 6.45) is 8.47. The molecular formula is C16H25FN2O. The van der Waals surface area contributed by atoms with Gasteiger partial charge in [0.25, 0.3) is 0 Å². The van der Waals surface area contributed by atoms with E-state index in [-0.39, 0.29) is 17.6 Å². The Kier molecular flexibility index (Phi) is 5.80. The van der Waals surface area contributed by atoms with E-state index in [0.717, 1.165) is 24.3 Å². The first-order valence-corrected chi connectivity index (χ1v) is 7.51. The fourth-order valence-corrected chi connectivity index (χ4v) is 3.10. The fraction of sp³-hybridized carbons (Fsp3) is 0.625. The summed E-state index contributed by atoms with van der Waals surface area (Å²) in [4.78, 5) is 0. The van der Waals surface area contributed by atoms with Gasteiger partial charge in [0.05, 0.1) is 7.11 Å². The second-order valence-electron chi connectivity index (χ2n) is 5.76. The lowest BCUT2D eigenvalue weighted by molar-refractivity contribution is 0.384. The highest BCUT2D eigenvalue weighted by Gasteiger charge is 2.17. The molecule has 1 aromatic carbocycles. The minimum absolute atomic E-state index is 0.211. The number of methoxy groups -OCH3 is 1. The average Bonchev–Trinajstić information content (AvgIpc) is 2.97. The van der Waals surface area contributed by atoms with Gasteiger partial charge >= 0.3 is 0 Å². The van der Waals surface area contributed by atoms with E-state index in [4.69, 9.17) is 10.6 Å². The average molecular weight is 280 g/mol. The molecule has 0 saturated heterocycles. The summed E-state index contributed by atoms with van der Waals surface area (Å²) in [5.41, 5.74) is 3.83. The Labute approximate surface area is 120 Å². The number of nitrogens with two attached hydrogens (primary N) is 1. The van der Waals surface area contributed by atoms with Gasteiger partial charge in [-0.05, 0) is 42.9 Å². The number of nitrogens with one attached hydrogen (secondary N) is 1. The number of hydrogen-bond donors (Lipinski definition) is 2. The van der Waals surface area contributed by atoms with Gasteiger partial charge in [-0.2, -0.15) is 0 Å². The van der Waals surface area contributed by atoms with Crippen LogP contribution in [0.15, 0.2) is 18.2 Å². The van der Waals surface area contributed by atoms with E-state index in [1.165, 1.54) is 39.2 Å². The van der Waals surface area contributed by atoms with Crippen LogP contribution in [0.25, 0.3) is 0 Å². The molecule has 3 nitrogen and oxygen atoms in total. The van der Waals surface area contributed by atoms with Crippen molar-refractivity contribution in [3.63, 3.8) is 0 Å². The highest BCUT2D eigenvalue weighted by Crippen LogP contribution is 2.29. The molecule has 0 amide bonds. The van der Waals surface area contributed by atoms with Gasteiger partial charge in [-0.3, -0.25) is 11.3 Å². The molecule has 1 fully saturated rings. The van der Waals surface area contributed by atoms with Crippen LogP contribution in [0.3, 0.4) is 0 Å². The lowest BCUT2D eigenvalue weighted by Gasteiger charge is -2.18. The zero-order valence-electron chi connectivity index (χ0n) is 12.2. The third-order valence-electron chi connectivity index (χ3n) is 4.33. The van der Waals surface area contributed by atoms with Crippen LogP contribution in [0.4, 0.5) is 4.39 Å². The van der Waals surface area contributed by atoms with Gasteiger partial charge in [0, 0.05) is 6.04 Å². The highest BCUT2D eigenvalue weighted by molar-refractivity contribution is 5.29. The summed E-state index contributed by atoms with van der Waals surface area (Å²) in [7, 11) is 1.48. The molecule has 0 radical (unpaired) electrons. The van der Waals surface area contributed by atoms with Crippen LogP contribution in [-0.4, -0.2) is 13.2 Å². The van der Waals surface area contributed by atoms with E-state index < -0.39 is 0 Å². The Morgan fingerprint density at radius 1 is 1.40 bits per heavy atom. The van der Waals surface area contributed by atoms with E-state index in [1.807, 2.05) is 6.07 Å². The maximum atomic E-state index is 13.7. The van der Waals surface area contributed by atoms with Crippen molar-refractivity contribution in [2.24, 2.45) is 11.8 Å². The monoisotopic (exact) mass is 280 g/mol. The third-order valence-corrected chi connectivity index (χ3v) is 4.33. The first-order valence-electron chi connectivity index (χ1n) is 7.51. The summed E-state index contributed by atoms with van der Waals surface area (Å²) in [6, 6.07) is 5.33. The van der Waals surface area contributed by atoms with Crippen molar-refractivity contribution in [2.75, 3.05) is 7.11 Å². The van der Waals surface area contributed by atoms with Crippen molar-refractivity contribution < 1.29 is 9.13 Å². The topological polar surface area (TPSA) is 47.3 Å². The molecule has 1 aliphatic rings. The quantitative estimate of drug-likeness (QED) is 0.595. The second-order valence-corrected chi connectivity index (χ2v) is 5.76. The largest absolute Gasteiger partial charge is 0.494 e. The van der Waals surface area contributed by atoms with Crippen molar-refractivity contribution in [2.45, 2.75) is 51.0 Å². The van der Waals surface area contributed by atoms with Crippen LogP contribution in [0.2, 0.25) is 0 Å². The summed E-state index contributed by atoms with van der Waals surface area (Å²) in [5.74, 6) is 6.47. The van der Waals surface area contributed by atoms with Crippen LogP contribution in [0.5, 0.6) is 5.75 Å². The minimum atomic E-state index is -0.309. The third kappa shape index (κ3) is 4.18. The van der Waals surface area contributed by atoms with E-state index in [2.05, 4.69) is 5.43 Å². The zero-order valence-corrected chi connectivity index (χ0v) is 12.2. The van der Waals surface area contributed by atoms with Crippen molar-refractivity contribution in [3.8, 4) is 5.75 Å². The van der Waals surface area contributed by atoms with E-state index in [9.17, 15) is 4.39 Å². The molecule has 1 atom stereocenters. The molecule has 1 saturated carbocycles. The lowest BCUT2D eigenvalue weighted by atomic mass is 9.95. The zero-order chi connectivity index (χ0) is 14.4. The molecule has 0 aromatic heterocycles. The van der Waals surface area contributed by atoms with E-state index >= 15 is 0 Å². The normalized spacial score (nSPS) is 17.4. The number of halogens is 1.